The highest BCUT2D eigenvalue weighted by atomic mass is 16.5. The number of methoxy groups -OCH3 is 2. The first-order chi connectivity index (χ1) is 11.4. The molecule has 0 saturated carbocycles. The van der Waals surface area contributed by atoms with Gasteiger partial charge in [0.1, 0.15) is 11.5 Å². The molecule has 7 heteroatoms. The van der Waals surface area contributed by atoms with E-state index in [2.05, 4.69) is 4.74 Å². The van der Waals surface area contributed by atoms with Crippen LogP contribution in [-0.2, 0) is 14.3 Å². The van der Waals surface area contributed by atoms with Crippen molar-refractivity contribution in [1.29, 1.82) is 0 Å². The average molecular weight is 339 g/mol. The fourth-order valence-corrected chi connectivity index (χ4v) is 2.13. The maximum absolute atomic E-state index is 12.4. The first-order valence-corrected chi connectivity index (χ1v) is 7.67. The smallest absolute Gasteiger partial charge is 0.310 e. The highest BCUT2D eigenvalue weighted by Gasteiger charge is 2.23. The molecule has 0 aliphatic carbocycles. The number of nitrogens with zero attached hydrogens (tertiary/aromatic N) is 1. The molecule has 0 spiro atoms. The molecule has 0 fully saturated rings. The van der Waals surface area contributed by atoms with Gasteiger partial charge in [-0.2, -0.15) is 0 Å². The second kappa shape index (κ2) is 9.77. The van der Waals surface area contributed by atoms with Crippen molar-refractivity contribution < 1.29 is 28.9 Å². The molecule has 1 aromatic rings. The number of hydrogen-bond donors (Lipinski definition) is 1. The Morgan fingerprint density at radius 2 is 1.83 bits per heavy atom. The van der Waals surface area contributed by atoms with Gasteiger partial charge in [-0.25, -0.2) is 0 Å². The summed E-state index contributed by atoms with van der Waals surface area (Å²) in [4.78, 5) is 25.3. The minimum atomic E-state index is -0.712. The van der Waals surface area contributed by atoms with Crippen molar-refractivity contribution in [3.63, 3.8) is 0 Å². The number of amides is 1. The maximum Gasteiger partial charge on any atom is 0.310 e. The van der Waals surface area contributed by atoms with Crippen LogP contribution in [0, 0.1) is 5.92 Å². The second-order valence-electron chi connectivity index (χ2n) is 5.54. The number of aliphatic hydroxyl groups excluding tert-OH is 1. The van der Waals surface area contributed by atoms with Crippen LogP contribution in [0.1, 0.15) is 13.8 Å². The molecule has 0 radical (unpaired) electrons. The van der Waals surface area contributed by atoms with Gasteiger partial charge >= 0.3 is 5.97 Å². The van der Waals surface area contributed by atoms with Gasteiger partial charge in [0.25, 0.3) is 5.91 Å². The molecule has 2 unspecified atom stereocenters. The third-order valence-electron chi connectivity index (χ3n) is 3.34. The predicted octanol–water partition coefficient (Wildman–Crippen LogP) is 1.09. The lowest BCUT2D eigenvalue weighted by atomic mass is 10.1. The van der Waals surface area contributed by atoms with Gasteiger partial charge in [-0.1, -0.05) is 13.0 Å². The van der Waals surface area contributed by atoms with E-state index in [-0.39, 0.29) is 25.6 Å². The topological polar surface area (TPSA) is 85.3 Å². The van der Waals surface area contributed by atoms with Crippen LogP contribution >= 0.6 is 0 Å². The zero-order valence-electron chi connectivity index (χ0n) is 14.5. The van der Waals surface area contributed by atoms with E-state index in [1.165, 1.54) is 12.0 Å². The van der Waals surface area contributed by atoms with Gasteiger partial charge in [-0.15, -0.1) is 0 Å². The van der Waals surface area contributed by atoms with Gasteiger partial charge in [-0.05, 0) is 19.1 Å². The lowest BCUT2D eigenvalue weighted by molar-refractivity contribution is -0.147. The molecule has 2 atom stereocenters. The molecule has 1 rings (SSSR count). The third-order valence-corrected chi connectivity index (χ3v) is 3.34. The van der Waals surface area contributed by atoms with E-state index in [1.54, 1.807) is 45.2 Å². The summed E-state index contributed by atoms with van der Waals surface area (Å²) in [5, 5.41) is 9.57. The predicted molar refractivity (Wildman–Crippen MR) is 87.9 cm³/mol. The minimum absolute atomic E-state index is 0.113. The molecule has 1 aromatic carbocycles. The number of aliphatic hydroxyl groups is 1. The van der Waals surface area contributed by atoms with E-state index < -0.39 is 18.0 Å². The molecule has 7 nitrogen and oxygen atoms in total. The molecule has 0 bridgehead atoms. The summed E-state index contributed by atoms with van der Waals surface area (Å²) in [6, 6.07) is 6.91. The lowest BCUT2D eigenvalue weighted by Gasteiger charge is -2.26. The Hall–Kier alpha value is -2.28. The van der Waals surface area contributed by atoms with E-state index in [0.717, 1.165) is 0 Å². The summed E-state index contributed by atoms with van der Waals surface area (Å²) in [6.45, 7) is 3.30. The number of esters is 1. The number of ether oxygens (including phenoxy) is 3. The van der Waals surface area contributed by atoms with Gasteiger partial charge in [0.15, 0.2) is 6.61 Å². The number of carbonyl (C=O) groups excluding carboxylic acids is 2. The van der Waals surface area contributed by atoms with Gasteiger partial charge < -0.3 is 24.2 Å². The molecular weight excluding hydrogens is 314 g/mol. The van der Waals surface area contributed by atoms with Crippen molar-refractivity contribution in [2.45, 2.75) is 20.0 Å². The molecule has 0 aliphatic heterocycles. The molecular formula is C17H25NO6. The zero-order valence-corrected chi connectivity index (χ0v) is 14.5. The standard InChI is InChI=1S/C17H25NO6/c1-12(17(21)23-4)9-18(10-13(2)19)16(20)11-24-15-7-5-6-14(8-15)22-3/h5-8,12-13,19H,9-11H2,1-4H3. The Kier molecular flexibility index (Phi) is 8.05. The van der Waals surface area contributed by atoms with Crippen LogP contribution in [0.25, 0.3) is 0 Å². The minimum Gasteiger partial charge on any atom is -0.497 e. The number of hydrogen-bond acceptors (Lipinski definition) is 6. The van der Waals surface area contributed by atoms with Gasteiger partial charge in [0.05, 0.1) is 26.2 Å². The van der Waals surface area contributed by atoms with Gasteiger partial charge in [-0.3, -0.25) is 9.59 Å². The summed E-state index contributed by atoms with van der Waals surface area (Å²) < 4.78 is 15.2. The normalized spacial score (nSPS) is 12.9. The Morgan fingerprint density at radius 3 is 2.42 bits per heavy atom. The highest BCUT2D eigenvalue weighted by Crippen LogP contribution is 2.18. The largest absolute Gasteiger partial charge is 0.497 e. The fourth-order valence-electron chi connectivity index (χ4n) is 2.13. The fraction of sp³-hybridized carbons (Fsp3) is 0.529. The summed E-state index contributed by atoms with van der Waals surface area (Å²) in [6.07, 6.45) is -0.712. The van der Waals surface area contributed by atoms with Crippen molar-refractivity contribution in [2.75, 3.05) is 33.9 Å². The molecule has 1 amide bonds. The summed E-state index contributed by atoms with van der Waals surface area (Å²) in [5.74, 6) is -0.100. The van der Waals surface area contributed by atoms with E-state index in [1.807, 2.05) is 0 Å². The van der Waals surface area contributed by atoms with Crippen molar-refractivity contribution in [2.24, 2.45) is 5.92 Å². The van der Waals surface area contributed by atoms with Gasteiger partial charge in [0, 0.05) is 19.2 Å². The average Bonchev–Trinajstić information content (AvgIpc) is 2.57. The van der Waals surface area contributed by atoms with Crippen LogP contribution < -0.4 is 9.47 Å². The summed E-state index contributed by atoms with van der Waals surface area (Å²) in [5.41, 5.74) is 0. The van der Waals surface area contributed by atoms with Crippen LogP contribution in [0.4, 0.5) is 0 Å². The van der Waals surface area contributed by atoms with Crippen LogP contribution in [0.15, 0.2) is 24.3 Å². The third kappa shape index (κ3) is 6.45. The Balaban J connectivity index is 2.67. The highest BCUT2D eigenvalue weighted by molar-refractivity contribution is 5.79. The second-order valence-corrected chi connectivity index (χ2v) is 5.54. The lowest BCUT2D eigenvalue weighted by Crippen LogP contribution is -2.43. The van der Waals surface area contributed by atoms with Crippen LogP contribution in [0.3, 0.4) is 0 Å². The molecule has 1 N–H and O–H groups in total. The molecule has 134 valence electrons. The van der Waals surface area contributed by atoms with Crippen molar-refractivity contribution in [1.82, 2.24) is 4.90 Å². The molecule has 0 heterocycles. The van der Waals surface area contributed by atoms with E-state index in [0.29, 0.717) is 11.5 Å². The maximum atomic E-state index is 12.4. The number of carbonyl (C=O) groups is 2. The van der Waals surface area contributed by atoms with Crippen LogP contribution in [0.5, 0.6) is 11.5 Å². The number of rotatable bonds is 9. The summed E-state index contributed by atoms with van der Waals surface area (Å²) in [7, 11) is 2.84. The van der Waals surface area contributed by atoms with E-state index in [4.69, 9.17) is 9.47 Å². The molecule has 0 aliphatic rings. The van der Waals surface area contributed by atoms with Crippen molar-refractivity contribution in [3.05, 3.63) is 24.3 Å². The number of benzene rings is 1. The SMILES string of the molecule is COC(=O)C(C)CN(CC(C)O)C(=O)COc1cccc(OC)c1. The first-order valence-electron chi connectivity index (χ1n) is 7.67. The zero-order chi connectivity index (χ0) is 18.1. The van der Waals surface area contributed by atoms with Crippen molar-refractivity contribution >= 4 is 11.9 Å². The van der Waals surface area contributed by atoms with Gasteiger partial charge in [0.2, 0.25) is 0 Å². The molecule has 24 heavy (non-hydrogen) atoms. The Labute approximate surface area is 142 Å². The summed E-state index contributed by atoms with van der Waals surface area (Å²) >= 11 is 0. The van der Waals surface area contributed by atoms with Crippen LogP contribution in [-0.4, -0.2) is 61.9 Å². The molecule has 0 aromatic heterocycles. The monoisotopic (exact) mass is 339 g/mol. The van der Waals surface area contributed by atoms with Crippen LogP contribution in [0.2, 0.25) is 0 Å². The Morgan fingerprint density at radius 1 is 1.17 bits per heavy atom. The Bertz CT molecular complexity index is 546. The molecule has 0 saturated heterocycles. The first kappa shape index (κ1) is 19.8. The van der Waals surface area contributed by atoms with E-state index >= 15 is 0 Å². The van der Waals surface area contributed by atoms with E-state index in [9.17, 15) is 14.7 Å². The van der Waals surface area contributed by atoms with Crippen molar-refractivity contribution in [3.8, 4) is 11.5 Å². The quantitative estimate of drug-likeness (QED) is 0.678.